The predicted molar refractivity (Wildman–Crippen MR) is 129 cm³/mol. The number of hydrogen-bond acceptors (Lipinski definition) is 4. The fourth-order valence-electron chi connectivity index (χ4n) is 3.12. The molecule has 2 aromatic carbocycles. The quantitative estimate of drug-likeness (QED) is 0.371. The number of thiophene rings is 1. The second-order valence-corrected chi connectivity index (χ2v) is 9.29. The van der Waals surface area contributed by atoms with Crippen LogP contribution in [0.3, 0.4) is 0 Å². The lowest BCUT2D eigenvalue weighted by molar-refractivity contribution is -0.111. The SMILES string of the molecule is COC(=O)c1c(-c2ccc(C)cc2)csc1NC(=O)/C=C/c1ccc(C(C)(C)C)cc1. The number of methoxy groups -OCH3 is 1. The van der Waals surface area contributed by atoms with Gasteiger partial charge in [-0.25, -0.2) is 4.79 Å². The highest BCUT2D eigenvalue weighted by Crippen LogP contribution is 2.36. The maximum absolute atomic E-state index is 12.5. The normalized spacial score (nSPS) is 11.5. The Bertz CT molecular complexity index is 1100. The number of rotatable bonds is 5. The molecule has 0 fully saturated rings. The van der Waals surface area contributed by atoms with E-state index in [1.54, 1.807) is 6.08 Å². The van der Waals surface area contributed by atoms with Crippen LogP contribution in [-0.2, 0) is 14.9 Å². The largest absolute Gasteiger partial charge is 0.465 e. The molecule has 0 aliphatic heterocycles. The average molecular weight is 434 g/mol. The van der Waals surface area contributed by atoms with E-state index in [1.165, 1.54) is 30.1 Å². The van der Waals surface area contributed by atoms with Gasteiger partial charge in [-0.3, -0.25) is 4.79 Å². The standard InChI is InChI=1S/C26H27NO3S/c1-17-6-11-19(12-7-17)21-16-31-24(23(21)25(29)30-5)27-22(28)15-10-18-8-13-20(14-9-18)26(2,3)4/h6-16H,1-5H3,(H,27,28)/b15-10+. The van der Waals surface area contributed by atoms with Gasteiger partial charge >= 0.3 is 5.97 Å². The van der Waals surface area contributed by atoms with Crippen LogP contribution in [0.2, 0.25) is 0 Å². The zero-order valence-electron chi connectivity index (χ0n) is 18.5. The van der Waals surface area contributed by atoms with Crippen LogP contribution in [0.5, 0.6) is 0 Å². The molecule has 160 valence electrons. The Hall–Kier alpha value is -3.18. The summed E-state index contributed by atoms with van der Waals surface area (Å²) in [5.41, 5.74) is 5.39. The van der Waals surface area contributed by atoms with Gasteiger partial charge in [-0.2, -0.15) is 0 Å². The van der Waals surface area contributed by atoms with Crippen molar-refractivity contribution in [2.45, 2.75) is 33.1 Å². The Labute approximate surface area is 187 Å². The molecule has 31 heavy (non-hydrogen) atoms. The topological polar surface area (TPSA) is 55.4 Å². The first-order chi connectivity index (χ1) is 14.7. The van der Waals surface area contributed by atoms with Crippen LogP contribution in [0.15, 0.2) is 60.0 Å². The van der Waals surface area contributed by atoms with Gasteiger partial charge in [-0.1, -0.05) is 74.9 Å². The minimum Gasteiger partial charge on any atom is -0.465 e. The van der Waals surface area contributed by atoms with E-state index in [0.717, 1.165) is 22.3 Å². The Morgan fingerprint density at radius 1 is 1.00 bits per heavy atom. The number of aryl methyl sites for hydroxylation is 1. The van der Waals surface area contributed by atoms with Crippen molar-refractivity contribution in [3.8, 4) is 11.1 Å². The smallest absolute Gasteiger partial charge is 0.341 e. The van der Waals surface area contributed by atoms with E-state index in [-0.39, 0.29) is 11.3 Å². The van der Waals surface area contributed by atoms with Crippen molar-refractivity contribution in [3.05, 3.63) is 82.2 Å². The summed E-state index contributed by atoms with van der Waals surface area (Å²) in [4.78, 5) is 25.0. The fraction of sp³-hybridized carbons (Fsp3) is 0.231. The molecule has 3 rings (SSSR count). The van der Waals surface area contributed by atoms with E-state index in [2.05, 4.69) is 38.2 Å². The molecule has 1 amide bonds. The Kier molecular flexibility index (Phi) is 6.76. The third-order valence-corrected chi connectivity index (χ3v) is 5.88. The summed E-state index contributed by atoms with van der Waals surface area (Å²) in [5, 5.41) is 5.16. The molecule has 1 aromatic heterocycles. The summed E-state index contributed by atoms with van der Waals surface area (Å²) < 4.78 is 4.97. The fourth-order valence-corrected chi connectivity index (χ4v) is 4.08. The van der Waals surface area contributed by atoms with Crippen molar-refractivity contribution in [1.82, 2.24) is 0 Å². The average Bonchev–Trinajstić information content (AvgIpc) is 3.15. The molecule has 0 unspecified atom stereocenters. The van der Waals surface area contributed by atoms with Crippen molar-refractivity contribution >= 4 is 34.3 Å². The summed E-state index contributed by atoms with van der Waals surface area (Å²) in [6, 6.07) is 16.0. The summed E-state index contributed by atoms with van der Waals surface area (Å²) in [6.07, 6.45) is 3.23. The molecule has 0 aliphatic rings. The van der Waals surface area contributed by atoms with Gasteiger partial charge in [0.05, 0.1) is 7.11 Å². The van der Waals surface area contributed by atoms with Crippen LogP contribution in [0, 0.1) is 6.92 Å². The van der Waals surface area contributed by atoms with Crippen molar-refractivity contribution in [1.29, 1.82) is 0 Å². The van der Waals surface area contributed by atoms with E-state index in [1.807, 2.05) is 48.7 Å². The first-order valence-electron chi connectivity index (χ1n) is 10.1. The van der Waals surface area contributed by atoms with E-state index in [4.69, 9.17) is 4.74 Å². The molecule has 3 aromatic rings. The van der Waals surface area contributed by atoms with Crippen molar-refractivity contribution in [2.75, 3.05) is 12.4 Å². The van der Waals surface area contributed by atoms with Crippen LogP contribution in [0.1, 0.15) is 47.8 Å². The second-order valence-electron chi connectivity index (χ2n) is 8.41. The Morgan fingerprint density at radius 3 is 2.23 bits per heavy atom. The van der Waals surface area contributed by atoms with E-state index in [0.29, 0.717) is 10.6 Å². The predicted octanol–water partition coefficient (Wildman–Crippen LogP) is 6.46. The highest BCUT2D eigenvalue weighted by atomic mass is 32.1. The summed E-state index contributed by atoms with van der Waals surface area (Å²) >= 11 is 1.31. The van der Waals surface area contributed by atoms with Gasteiger partial charge in [0, 0.05) is 17.0 Å². The number of hydrogen-bond donors (Lipinski definition) is 1. The van der Waals surface area contributed by atoms with Gasteiger partial charge in [0.25, 0.3) is 0 Å². The molecule has 0 aliphatic carbocycles. The molecule has 1 heterocycles. The van der Waals surface area contributed by atoms with Crippen LogP contribution >= 0.6 is 11.3 Å². The number of anilines is 1. The zero-order chi connectivity index (χ0) is 22.6. The van der Waals surface area contributed by atoms with Crippen LogP contribution in [0.25, 0.3) is 17.2 Å². The number of benzene rings is 2. The number of amides is 1. The van der Waals surface area contributed by atoms with Crippen molar-refractivity contribution < 1.29 is 14.3 Å². The molecule has 0 spiro atoms. The first kappa shape index (κ1) is 22.5. The molecule has 0 saturated heterocycles. The van der Waals surface area contributed by atoms with Crippen LogP contribution in [0.4, 0.5) is 5.00 Å². The van der Waals surface area contributed by atoms with Crippen LogP contribution < -0.4 is 5.32 Å². The number of carbonyl (C=O) groups is 2. The minimum absolute atomic E-state index is 0.0816. The molecule has 0 atom stereocenters. The first-order valence-corrected chi connectivity index (χ1v) is 10.9. The molecule has 1 N–H and O–H groups in total. The molecular formula is C26H27NO3S. The number of ether oxygens (including phenoxy) is 1. The lowest BCUT2D eigenvalue weighted by atomic mass is 9.87. The minimum atomic E-state index is -0.478. The van der Waals surface area contributed by atoms with Gasteiger partial charge in [0.15, 0.2) is 0 Å². The third kappa shape index (κ3) is 5.50. The number of nitrogens with one attached hydrogen (secondary N) is 1. The van der Waals surface area contributed by atoms with Crippen molar-refractivity contribution in [3.63, 3.8) is 0 Å². The monoisotopic (exact) mass is 433 g/mol. The second kappa shape index (κ2) is 9.31. The van der Waals surface area contributed by atoms with Crippen LogP contribution in [-0.4, -0.2) is 19.0 Å². The molecule has 0 saturated carbocycles. The van der Waals surface area contributed by atoms with E-state index >= 15 is 0 Å². The third-order valence-electron chi connectivity index (χ3n) is 4.98. The lowest BCUT2D eigenvalue weighted by Crippen LogP contribution is -2.11. The van der Waals surface area contributed by atoms with E-state index in [9.17, 15) is 9.59 Å². The summed E-state index contributed by atoms with van der Waals surface area (Å²) in [5.74, 6) is -0.781. The lowest BCUT2D eigenvalue weighted by Gasteiger charge is -2.18. The van der Waals surface area contributed by atoms with Crippen molar-refractivity contribution in [2.24, 2.45) is 0 Å². The van der Waals surface area contributed by atoms with Gasteiger partial charge in [-0.05, 0) is 35.1 Å². The molecule has 5 heteroatoms. The molecule has 4 nitrogen and oxygen atoms in total. The number of carbonyl (C=O) groups excluding carboxylic acids is 2. The zero-order valence-corrected chi connectivity index (χ0v) is 19.3. The summed E-state index contributed by atoms with van der Waals surface area (Å²) in [7, 11) is 1.34. The summed E-state index contributed by atoms with van der Waals surface area (Å²) in [6.45, 7) is 8.50. The van der Waals surface area contributed by atoms with Gasteiger partial charge < -0.3 is 10.1 Å². The number of esters is 1. The maximum atomic E-state index is 12.5. The molecular weight excluding hydrogens is 406 g/mol. The maximum Gasteiger partial charge on any atom is 0.341 e. The van der Waals surface area contributed by atoms with Gasteiger partial charge in [0.2, 0.25) is 5.91 Å². The molecule has 0 bridgehead atoms. The van der Waals surface area contributed by atoms with E-state index < -0.39 is 5.97 Å². The molecule has 0 radical (unpaired) electrons. The Balaban J connectivity index is 1.80. The highest BCUT2D eigenvalue weighted by Gasteiger charge is 2.22. The van der Waals surface area contributed by atoms with Gasteiger partial charge in [-0.15, -0.1) is 11.3 Å². The highest BCUT2D eigenvalue weighted by molar-refractivity contribution is 7.15. The van der Waals surface area contributed by atoms with Gasteiger partial charge in [0.1, 0.15) is 10.6 Å². The Morgan fingerprint density at radius 2 is 1.65 bits per heavy atom.